The standard InChI is InChI=1S/C23H27FN2O2/c1-17(14-19-10-5-6-12-21(19)24)15-22(27)26-13-7-11-20(26)16-25-23(28)18-8-3-2-4-9-18/h2-6,8-10,12,17,20H,7,11,13-16H2,1H3,(H,25,28)/t17-,20+/m1/s1. The van der Waals surface area contributed by atoms with E-state index in [9.17, 15) is 14.0 Å². The summed E-state index contributed by atoms with van der Waals surface area (Å²) < 4.78 is 13.8. The van der Waals surface area contributed by atoms with Crippen molar-refractivity contribution in [3.8, 4) is 0 Å². The molecule has 5 heteroatoms. The van der Waals surface area contributed by atoms with Crippen molar-refractivity contribution in [3.63, 3.8) is 0 Å². The van der Waals surface area contributed by atoms with E-state index in [1.54, 1.807) is 24.3 Å². The van der Waals surface area contributed by atoms with Crippen LogP contribution >= 0.6 is 0 Å². The highest BCUT2D eigenvalue weighted by atomic mass is 19.1. The average molecular weight is 382 g/mol. The number of amides is 2. The first-order valence-electron chi connectivity index (χ1n) is 9.90. The monoisotopic (exact) mass is 382 g/mol. The van der Waals surface area contributed by atoms with Gasteiger partial charge in [-0.3, -0.25) is 9.59 Å². The Kier molecular flexibility index (Phi) is 6.80. The summed E-state index contributed by atoms with van der Waals surface area (Å²) in [5, 5.41) is 2.94. The molecule has 2 amide bonds. The molecule has 0 radical (unpaired) electrons. The van der Waals surface area contributed by atoms with Crippen LogP contribution in [-0.4, -0.2) is 35.8 Å². The fourth-order valence-corrected chi connectivity index (χ4v) is 3.81. The number of hydrogen-bond acceptors (Lipinski definition) is 2. The van der Waals surface area contributed by atoms with Crippen LogP contribution in [0, 0.1) is 11.7 Å². The molecule has 1 N–H and O–H groups in total. The lowest BCUT2D eigenvalue weighted by Crippen LogP contribution is -2.43. The Morgan fingerprint density at radius 1 is 1.14 bits per heavy atom. The van der Waals surface area contributed by atoms with Crippen molar-refractivity contribution in [3.05, 3.63) is 71.5 Å². The summed E-state index contributed by atoms with van der Waals surface area (Å²) in [6.45, 7) is 3.16. The third kappa shape index (κ3) is 5.18. The zero-order chi connectivity index (χ0) is 19.9. The molecule has 0 aliphatic carbocycles. The number of hydrogen-bond donors (Lipinski definition) is 1. The van der Waals surface area contributed by atoms with Gasteiger partial charge in [0.25, 0.3) is 5.91 Å². The van der Waals surface area contributed by atoms with Gasteiger partial charge in [-0.05, 0) is 48.9 Å². The second-order valence-corrected chi connectivity index (χ2v) is 7.56. The Morgan fingerprint density at radius 3 is 2.61 bits per heavy atom. The van der Waals surface area contributed by atoms with E-state index in [4.69, 9.17) is 0 Å². The first kappa shape index (κ1) is 20.1. The van der Waals surface area contributed by atoms with Gasteiger partial charge in [-0.15, -0.1) is 0 Å². The van der Waals surface area contributed by atoms with Crippen molar-refractivity contribution < 1.29 is 14.0 Å². The highest BCUT2D eigenvalue weighted by Crippen LogP contribution is 2.21. The quantitative estimate of drug-likeness (QED) is 0.792. The Hall–Kier alpha value is -2.69. The molecule has 1 heterocycles. The molecule has 1 saturated heterocycles. The zero-order valence-electron chi connectivity index (χ0n) is 16.2. The SMILES string of the molecule is C[C@@H](CC(=O)N1CCC[C@H]1CNC(=O)c1ccccc1)Cc1ccccc1F. The van der Waals surface area contributed by atoms with E-state index < -0.39 is 0 Å². The summed E-state index contributed by atoms with van der Waals surface area (Å²) in [5.41, 5.74) is 1.27. The number of nitrogens with one attached hydrogen (secondary N) is 1. The van der Waals surface area contributed by atoms with Crippen LogP contribution in [0.3, 0.4) is 0 Å². The topological polar surface area (TPSA) is 49.4 Å². The maximum atomic E-state index is 13.8. The maximum Gasteiger partial charge on any atom is 0.251 e. The summed E-state index contributed by atoms with van der Waals surface area (Å²) in [6, 6.07) is 15.8. The fourth-order valence-electron chi connectivity index (χ4n) is 3.81. The van der Waals surface area contributed by atoms with Crippen molar-refractivity contribution >= 4 is 11.8 Å². The lowest BCUT2D eigenvalue weighted by molar-refractivity contribution is -0.132. The van der Waals surface area contributed by atoms with Crippen LogP contribution < -0.4 is 5.32 Å². The van der Waals surface area contributed by atoms with E-state index in [1.807, 2.05) is 36.1 Å². The van der Waals surface area contributed by atoms with Gasteiger partial charge in [0.15, 0.2) is 0 Å². The van der Waals surface area contributed by atoms with Gasteiger partial charge in [0.2, 0.25) is 5.91 Å². The number of halogens is 1. The molecule has 1 aliphatic rings. The van der Waals surface area contributed by atoms with E-state index in [0.717, 1.165) is 19.4 Å². The third-order valence-corrected chi connectivity index (χ3v) is 5.28. The molecule has 0 unspecified atom stereocenters. The second-order valence-electron chi connectivity index (χ2n) is 7.56. The molecular formula is C23H27FN2O2. The van der Waals surface area contributed by atoms with Gasteiger partial charge in [0, 0.05) is 31.1 Å². The molecule has 28 heavy (non-hydrogen) atoms. The summed E-state index contributed by atoms with van der Waals surface area (Å²) in [4.78, 5) is 26.9. The van der Waals surface area contributed by atoms with E-state index >= 15 is 0 Å². The summed E-state index contributed by atoms with van der Waals surface area (Å²) in [6.07, 6.45) is 2.76. The highest BCUT2D eigenvalue weighted by Gasteiger charge is 2.29. The Balaban J connectivity index is 1.51. The van der Waals surface area contributed by atoms with Crippen LogP contribution in [0.1, 0.15) is 42.1 Å². The number of carbonyl (C=O) groups is 2. The van der Waals surface area contributed by atoms with Crippen molar-refractivity contribution in [2.24, 2.45) is 5.92 Å². The van der Waals surface area contributed by atoms with Crippen molar-refractivity contribution in [1.82, 2.24) is 10.2 Å². The number of nitrogens with zero attached hydrogens (tertiary/aromatic N) is 1. The highest BCUT2D eigenvalue weighted by molar-refractivity contribution is 5.94. The van der Waals surface area contributed by atoms with Crippen LogP contribution in [0.2, 0.25) is 0 Å². The normalized spacial score (nSPS) is 17.4. The lowest BCUT2D eigenvalue weighted by atomic mass is 9.97. The van der Waals surface area contributed by atoms with Gasteiger partial charge in [-0.25, -0.2) is 4.39 Å². The van der Waals surface area contributed by atoms with Crippen LogP contribution in [-0.2, 0) is 11.2 Å². The van der Waals surface area contributed by atoms with Crippen molar-refractivity contribution in [2.45, 2.75) is 38.6 Å². The van der Waals surface area contributed by atoms with Gasteiger partial charge >= 0.3 is 0 Å². The van der Waals surface area contributed by atoms with Crippen LogP contribution in [0.25, 0.3) is 0 Å². The smallest absolute Gasteiger partial charge is 0.251 e. The van der Waals surface area contributed by atoms with Crippen LogP contribution in [0.4, 0.5) is 4.39 Å². The Morgan fingerprint density at radius 2 is 1.86 bits per heavy atom. The molecule has 0 aromatic heterocycles. The summed E-state index contributed by atoms with van der Waals surface area (Å²) in [5.74, 6) is -0.192. The first-order valence-corrected chi connectivity index (χ1v) is 9.90. The third-order valence-electron chi connectivity index (χ3n) is 5.28. The number of rotatable bonds is 7. The summed E-state index contributed by atoms with van der Waals surface area (Å²) >= 11 is 0. The molecule has 4 nitrogen and oxygen atoms in total. The maximum absolute atomic E-state index is 13.8. The Labute approximate surface area is 165 Å². The first-order chi connectivity index (χ1) is 13.5. The zero-order valence-corrected chi connectivity index (χ0v) is 16.2. The van der Waals surface area contributed by atoms with E-state index in [0.29, 0.717) is 30.5 Å². The number of carbonyl (C=O) groups excluding carboxylic acids is 2. The molecule has 2 aromatic rings. The predicted octanol–water partition coefficient (Wildman–Crippen LogP) is 3.82. The predicted molar refractivity (Wildman–Crippen MR) is 107 cm³/mol. The van der Waals surface area contributed by atoms with Crippen molar-refractivity contribution in [1.29, 1.82) is 0 Å². The number of benzene rings is 2. The lowest BCUT2D eigenvalue weighted by Gasteiger charge is -2.26. The molecule has 2 atom stereocenters. The van der Waals surface area contributed by atoms with Crippen molar-refractivity contribution in [2.75, 3.05) is 13.1 Å². The molecule has 2 aromatic carbocycles. The van der Waals surface area contributed by atoms with Gasteiger partial charge in [0.1, 0.15) is 5.82 Å². The van der Waals surface area contributed by atoms with E-state index in [1.165, 1.54) is 6.07 Å². The fraction of sp³-hybridized carbons (Fsp3) is 0.391. The molecule has 0 bridgehead atoms. The minimum atomic E-state index is -0.218. The Bertz CT molecular complexity index is 809. The van der Waals surface area contributed by atoms with Crippen LogP contribution in [0.15, 0.2) is 54.6 Å². The van der Waals surface area contributed by atoms with Gasteiger partial charge in [-0.1, -0.05) is 43.3 Å². The minimum absolute atomic E-state index is 0.0285. The molecule has 1 fully saturated rings. The van der Waals surface area contributed by atoms with E-state index in [2.05, 4.69) is 5.32 Å². The van der Waals surface area contributed by atoms with Gasteiger partial charge in [0.05, 0.1) is 0 Å². The average Bonchev–Trinajstić information content (AvgIpc) is 3.17. The summed E-state index contributed by atoms with van der Waals surface area (Å²) in [7, 11) is 0. The largest absolute Gasteiger partial charge is 0.350 e. The second kappa shape index (κ2) is 9.49. The van der Waals surface area contributed by atoms with Gasteiger partial charge in [-0.2, -0.15) is 0 Å². The number of likely N-dealkylation sites (tertiary alicyclic amines) is 1. The molecule has 0 saturated carbocycles. The van der Waals surface area contributed by atoms with E-state index in [-0.39, 0.29) is 29.6 Å². The molecule has 3 rings (SSSR count). The minimum Gasteiger partial charge on any atom is -0.350 e. The molecule has 148 valence electrons. The van der Waals surface area contributed by atoms with Gasteiger partial charge < -0.3 is 10.2 Å². The molecular weight excluding hydrogens is 355 g/mol. The molecule has 1 aliphatic heterocycles. The molecule has 0 spiro atoms. The van der Waals surface area contributed by atoms with Crippen LogP contribution in [0.5, 0.6) is 0 Å².